The molecule has 0 amide bonds. The smallest absolute Gasteiger partial charge is 0.321 e. The molecule has 1 saturated heterocycles. The predicted octanol–water partition coefficient (Wildman–Crippen LogP) is 0.917. The van der Waals surface area contributed by atoms with E-state index >= 15 is 0 Å². The number of hydrogen-bond donors (Lipinski definition) is 3. The van der Waals surface area contributed by atoms with Gasteiger partial charge in [0, 0.05) is 6.20 Å². The van der Waals surface area contributed by atoms with Crippen LogP contribution in [0.5, 0.6) is 0 Å². The molecule has 2 unspecified atom stereocenters. The number of nitrogens with zero attached hydrogens (tertiary/aromatic N) is 3. The van der Waals surface area contributed by atoms with Gasteiger partial charge in [-0.3, -0.25) is 0 Å². The molecule has 1 fully saturated rings. The van der Waals surface area contributed by atoms with Crippen LogP contribution in [0.15, 0.2) is 18.6 Å². The first-order valence-corrected chi connectivity index (χ1v) is 8.99. The molecule has 3 rings (SSSR count). The molecule has 2 aromatic heterocycles. The van der Waals surface area contributed by atoms with E-state index in [9.17, 15) is 0 Å². The third-order valence-corrected chi connectivity index (χ3v) is 4.17. The quantitative estimate of drug-likeness (QED) is 0.709. The van der Waals surface area contributed by atoms with Crippen molar-refractivity contribution in [2.24, 2.45) is 0 Å². The minimum atomic E-state index is -3.63. The molecule has 0 saturated carbocycles. The monoisotopic (exact) mass is 330 g/mol. The van der Waals surface area contributed by atoms with Gasteiger partial charge in [0.2, 0.25) is 0 Å². The number of ether oxygens (including phenoxy) is 1. The molecule has 1 aliphatic rings. The van der Waals surface area contributed by atoms with E-state index in [4.69, 9.17) is 24.8 Å². The minimum absolute atomic E-state index is 0.0666. The van der Waals surface area contributed by atoms with E-state index in [-0.39, 0.29) is 18.9 Å². The van der Waals surface area contributed by atoms with E-state index < -0.39 is 6.72 Å². The molecule has 0 aromatic carbocycles. The molecule has 1 aliphatic heterocycles. The van der Waals surface area contributed by atoms with Gasteiger partial charge in [0.1, 0.15) is 24.0 Å². The molecule has 3 heterocycles. The van der Waals surface area contributed by atoms with Crippen molar-refractivity contribution in [2.75, 3.05) is 12.3 Å². The Kier molecular flexibility index (Phi) is 3.96. The van der Waals surface area contributed by atoms with Crippen molar-refractivity contribution in [3.8, 4) is 0 Å². The fourth-order valence-corrected chi connectivity index (χ4v) is 2.96. The third-order valence-electron chi connectivity index (χ3n) is 3.36. The maximum atomic E-state index is 9.07. The summed E-state index contributed by atoms with van der Waals surface area (Å²) in [5.41, 5.74) is 6.51. The highest BCUT2D eigenvalue weighted by Gasteiger charge is 2.29. The van der Waals surface area contributed by atoms with Crippen molar-refractivity contribution in [1.82, 2.24) is 14.5 Å². The van der Waals surface area contributed by atoms with Crippen LogP contribution in [-0.4, -0.2) is 37.0 Å². The summed E-state index contributed by atoms with van der Waals surface area (Å²) in [6.07, 6.45) is 4.35. The minimum Gasteiger partial charge on any atom is -0.383 e. The van der Waals surface area contributed by atoms with Crippen molar-refractivity contribution in [2.45, 2.75) is 25.2 Å². The fourth-order valence-electron chi connectivity index (χ4n) is 2.42. The summed E-state index contributed by atoms with van der Waals surface area (Å²) in [6.45, 7) is -3.57. The maximum absolute atomic E-state index is 9.07. The number of aromatic nitrogens is 3. The number of nitrogens with two attached hydrogens (primary N) is 1. The van der Waals surface area contributed by atoms with E-state index in [2.05, 4.69) is 21.8 Å². The Morgan fingerprint density at radius 2 is 2.29 bits per heavy atom. The van der Waals surface area contributed by atoms with Crippen LogP contribution in [0.1, 0.15) is 19.1 Å². The van der Waals surface area contributed by atoms with E-state index in [1.165, 1.54) is 6.33 Å². The molecule has 0 spiro atoms. The molecule has 0 radical (unpaired) electrons. The summed E-state index contributed by atoms with van der Waals surface area (Å²) >= 11 is 4.41. The van der Waals surface area contributed by atoms with Gasteiger partial charge in [0.05, 0.1) is 18.1 Å². The average Bonchev–Trinajstić information content (AvgIpc) is 3.02. The SMILES string of the molecule is Nc1ncnc2c1ccn2C1CCC(COP(O)(O)=S)O1. The van der Waals surface area contributed by atoms with E-state index in [0.717, 1.165) is 18.2 Å². The van der Waals surface area contributed by atoms with Crippen LogP contribution in [0, 0.1) is 0 Å². The maximum Gasteiger partial charge on any atom is 0.321 e. The fraction of sp³-hybridized carbons (Fsp3) is 0.455. The average molecular weight is 330 g/mol. The second-order valence-electron chi connectivity index (χ2n) is 4.80. The van der Waals surface area contributed by atoms with Crippen LogP contribution in [0.3, 0.4) is 0 Å². The van der Waals surface area contributed by atoms with Gasteiger partial charge in [0.15, 0.2) is 0 Å². The topological polar surface area (TPSA) is 116 Å². The summed E-state index contributed by atoms with van der Waals surface area (Å²) in [5, 5.41) is 0.780. The molecular weight excluding hydrogens is 315 g/mol. The largest absolute Gasteiger partial charge is 0.383 e. The summed E-state index contributed by atoms with van der Waals surface area (Å²) in [5.74, 6) is 0.429. The van der Waals surface area contributed by atoms with Crippen LogP contribution >= 0.6 is 6.72 Å². The summed E-state index contributed by atoms with van der Waals surface area (Å²) in [4.78, 5) is 26.3. The van der Waals surface area contributed by atoms with Crippen LogP contribution < -0.4 is 5.73 Å². The number of rotatable bonds is 4. The lowest BCUT2D eigenvalue weighted by molar-refractivity contribution is -0.0176. The van der Waals surface area contributed by atoms with E-state index in [1.54, 1.807) is 0 Å². The second-order valence-corrected chi connectivity index (χ2v) is 7.46. The standard InChI is InChI=1S/C11H15N4O4PS/c12-10-8-3-4-15(11(8)14-6-13-10)9-2-1-7(19-9)5-18-20(16,17)21/h3-4,6-7,9H,1-2,5H2,(H2,12,13,14)(H2,16,17,21). The Hall–Kier alpha value is -1.09. The Labute approximate surface area is 125 Å². The molecule has 0 aliphatic carbocycles. The van der Waals surface area contributed by atoms with E-state index in [1.807, 2.05) is 16.8 Å². The molecule has 114 valence electrons. The molecule has 0 bridgehead atoms. The van der Waals surface area contributed by atoms with Crippen LogP contribution in [0.2, 0.25) is 0 Å². The zero-order chi connectivity index (χ0) is 15.0. The predicted molar refractivity (Wildman–Crippen MR) is 79.8 cm³/mol. The molecule has 4 N–H and O–H groups in total. The summed E-state index contributed by atoms with van der Waals surface area (Å²) < 4.78 is 12.6. The molecule has 10 heteroatoms. The van der Waals surface area contributed by atoms with Gasteiger partial charge in [-0.05, 0) is 30.7 Å². The first-order valence-electron chi connectivity index (χ1n) is 6.36. The Balaban J connectivity index is 1.73. The highest BCUT2D eigenvalue weighted by atomic mass is 32.5. The molecule has 2 atom stereocenters. The van der Waals surface area contributed by atoms with Crippen molar-refractivity contribution < 1.29 is 19.0 Å². The second kappa shape index (κ2) is 5.60. The van der Waals surface area contributed by atoms with Gasteiger partial charge in [-0.15, -0.1) is 0 Å². The summed E-state index contributed by atoms with van der Waals surface area (Å²) in [7, 11) is 0. The normalized spacial score (nSPS) is 23.0. The summed E-state index contributed by atoms with van der Waals surface area (Å²) in [6, 6.07) is 1.85. The number of hydrogen-bond acceptors (Lipinski definition) is 6. The van der Waals surface area contributed by atoms with Gasteiger partial charge in [-0.25, -0.2) is 9.97 Å². The number of fused-ring (bicyclic) bond motifs is 1. The Bertz CT molecular complexity index is 703. The Morgan fingerprint density at radius 1 is 1.48 bits per heavy atom. The Morgan fingerprint density at radius 3 is 3.05 bits per heavy atom. The van der Waals surface area contributed by atoms with Gasteiger partial charge in [-0.1, -0.05) is 0 Å². The van der Waals surface area contributed by atoms with Gasteiger partial charge in [0.25, 0.3) is 0 Å². The third kappa shape index (κ3) is 3.23. The highest BCUT2D eigenvalue weighted by molar-refractivity contribution is 8.06. The van der Waals surface area contributed by atoms with Gasteiger partial charge in [-0.2, -0.15) is 0 Å². The van der Waals surface area contributed by atoms with Crippen molar-refractivity contribution >= 4 is 35.4 Å². The number of nitrogen functional groups attached to an aromatic ring is 1. The van der Waals surface area contributed by atoms with Crippen molar-refractivity contribution in [1.29, 1.82) is 0 Å². The zero-order valence-electron chi connectivity index (χ0n) is 11.0. The van der Waals surface area contributed by atoms with Crippen LogP contribution in [0.25, 0.3) is 11.0 Å². The lowest BCUT2D eigenvalue weighted by atomic mass is 10.2. The lowest BCUT2D eigenvalue weighted by Crippen LogP contribution is -2.16. The molecule has 21 heavy (non-hydrogen) atoms. The number of anilines is 1. The molecular formula is C11H15N4O4PS. The van der Waals surface area contributed by atoms with Crippen molar-refractivity contribution in [3.63, 3.8) is 0 Å². The van der Waals surface area contributed by atoms with Gasteiger partial charge >= 0.3 is 6.72 Å². The van der Waals surface area contributed by atoms with E-state index in [0.29, 0.717) is 11.5 Å². The zero-order valence-corrected chi connectivity index (χ0v) is 12.7. The van der Waals surface area contributed by atoms with Crippen LogP contribution in [-0.2, 0) is 21.1 Å². The van der Waals surface area contributed by atoms with Crippen LogP contribution in [0.4, 0.5) is 5.82 Å². The molecule has 8 nitrogen and oxygen atoms in total. The molecule has 2 aromatic rings. The van der Waals surface area contributed by atoms with Gasteiger partial charge < -0.3 is 29.3 Å². The van der Waals surface area contributed by atoms with Crippen molar-refractivity contribution in [3.05, 3.63) is 18.6 Å². The lowest BCUT2D eigenvalue weighted by Gasteiger charge is -2.17. The first-order chi connectivity index (χ1) is 9.94. The first kappa shape index (κ1) is 14.8. The highest BCUT2D eigenvalue weighted by Crippen LogP contribution is 2.39.